The van der Waals surface area contributed by atoms with Gasteiger partial charge in [-0.05, 0) is 30.2 Å². The highest BCUT2D eigenvalue weighted by Crippen LogP contribution is 2.22. The maximum Gasteiger partial charge on any atom is 0.309 e. The van der Waals surface area contributed by atoms with Crippen LogP contribution in [0.2, 0.25) is 0 Å². The number of carboxylic acid groups (broad SMARTS) is 1. The molecule has 25 heavy (non-hydrogen) atoms. The van der Waals surface area contributed by atoms with E-state index in [0.29, 0.717) is 17.0 Å². The van der Waals surface area contributed by atoms with Crippen LogP contribution in [0.4, 0.5) is 0 Å². The molecular weight excluding hydrogens is 314 g/mol. The maximum absolute atomic E-state index is 12.7. The normalized spacial score (nSPS) is 10.6. The van der Waals surface area contributed by atoms with Crippen molar-refractivity contribution in [2.75, 3.05) is 0 Å². The lowest BCUT2D eigenvalue weighted by molar-refractivity contribution is -0.136. The van der Waals surface area contributed by atoms with Gasteiger partial charge in [-0.15, -0.1) is 0 Å². The van der Waals surface area contributed by atoms with Gasteiger partial charge in [0.15, 0.2) is 0 Å². The molecule has 0 saturated heterocycles. The average molecular weight is 333 g/mol. The van der Waals surface area contributed by atoms with E-state index in [-0.39, 0.29) is 12.2 Å². The van der Waals surface area contributed by atoms with Crippen LogP contribution in [-0.4, -0.2) is 21.4 Å². The van der Waals surface area contributed by atoms with Crippen LogP contribution in [0.3, 0.4) is 0 Å². The van der Waals surface area contributed by atoms with Crippen molar-refractivity contribution in [1.29, 1.82) is 0 Å². The summed E-state index contributed by atoms with van der Waals surface area (Å²) in [4.78, 5) is 23.6. The van der Waals surface area contributed by atoms with Crippen molar-refractivity contribution >= 4 is 11.8 Å². The van der Waals surface area contributed by atoms with E-state index in [9.17, 15) is 9.59 Å². The van der Waals surface area contributed by atoms with Gasteiger partial charge in [-0.25, -0.2) is 0 Å². The van der Waals surface area contributed by atoms with Crippen LogP contribution in [-0.2, 0) is 18.3 Å². The molecule has 0 fully saturated rings. The summed E-state index contributed by atoms with van der Waals surface area (Å²) in [7, 11) is 1.71. The Hall–Kier alpha value is -3.14. The number of benzene rings is 2. The Morgan fingerprint density at radius 2 is 1.44 bits per heavy atom. The topological polar surface area (TPSA) is 59.3 Å². The summed E-state index contributed by atoms with van der Waals surface area (Å²) in [6.07, 6.45) is -0.101. The van der Waals surface area contributed by atoms with Gasteiger partial charge in [0.05, 0.1) is 12.1 Å². The van der Waals surface area contributed by atoms with Crippen molar-refractivity contribution < 1.29 is 14.7 Å². The summed E-state index contributed by atoms with van der Waals surface area (Å²) in [5.74, 6) is -1.03. The molecule has 3 rings (SSSR count). The van der Waals surface area contributed by atoms with Crippen LogP contribution in [0.1, 0.15) is 27.3 Å². The zero-order valence-electron chi connectivity index (χ0n) is 14.2. The zero-order chi connectivity index (χ0) is 18.0. The van der Waals surface area contributed by atoms with Crippen LogP contribution in [0.5, 0.6) is 0 Å². The van der Waals surface area contributed by atoms with E-state index >= 15 is 0 Å². The SMILES string of the molecule is Cc1ccc(-c2ccc(C(=O)c3ccc(CC(=O)O)n3C)cc2)cc1. The van der Waals surface area contributed by atoms with Crippen molar-refractivity contribution in [2.45, 2.75) is 13.3 Å². The third kappa shape index (κ3) is 3.53. The van der Waals surface area contributed by atoms with Gasteiger partial charge in [-0.2, -0.15) is 0 Å². The van der Waals surface area contributed by atoms with E-state index in [2.05, 4.69) is 24.3 Å². The fraction of sp³-hybridized carbons (Fsp3) is 0.143. The van der Waals surface area contributed by atoms with E-state index in [1.54, 1.807) is 35.9 Å². The summed E-state index contributed by atoms with van der Waals surface area (Å²) < 4.78 is 1.64. The molecule has 1 N–H and O–H groups in total. The second-order valence-electron chi connectivity index (χ2n) is 6.11. The summed E-state index contributed by atoms with van der Waals surface area (Å²) in [5, 5.41) is 8.91. The van der Waals surface area contributed by atoms with Crippen LogP contribution >= 0.6 is 0 Å². The van der Waals surface area contributed by atoms with E-state index in [0.717, 1.165) is 11.1 Å². The number of nitrogens with zero attached hydrogens (tertiary/aromatic N) is 1. The highest BCUT2D eigenvalue weighted by Gasteiger charge is 2.16. The predicted molar refractivity (Wildman–Crippen MR) is 96.8 cm³/mol. The number of carbonyl (C=O) groups is 2. The van der Waals surface area contributed by atoms with Gasteiger partial charge >= 0.3 is 5.97 Å². The fourth-order valence-corrected chi connectivity index (χ4v) is 2.82. The van der Waals surface area contributed by atoms with E-state index in [4.69, 9.17) is 5.11 Å². The van der Waals surface area contributed by atoms with Gasteiger partial charge in [0.25, 0.3) is 0 Å². The number of ketones is 1. The van der Waals surface area contributed by atoms with Crippen molar-refractivity contribution in [3.63, 3.8) is 0 Å². The molecule has 4 nitrogen and oxygen atoms in total. The molecule has 0 unspecified atom stereocenters. The Morgan fingerprint density at radius 1 is 0.880 bits per heavy atom. The Labute approximate surface area is 146 Å². The Kier molecular flexibility index (Phi) is 4.52. The molecule has 0 amide bonds. The number of hydrogen-bond acceptors (Lipinski definition) is 2. The molecule has 2 aromatic carbocycles. The van der Waals surface area contributed by atoms with Crippen LogP contribution in [0.25, 0.3) is 11.1 Å². The summed E-state index contributed by atoms with van der Waals surface area (Å²) in [6.45, 7) is 2.05. The molecular formula is C21H19NO3. The largest absolute Gasteiger partial charge is 0.481 e. The molecule has 0 aliphatic heterocycles. The molecule has 0 atom stereocenters. The van der Waals surface area contributed by atoms with Gasteiger partial charge in [-0.1, -0.05) is 54.1 Å². The van der Waals surface area contributed by atoms with Crippen molar-refractivity contribution in [1.82, 2.24) is 4.57 Å². The molecule has 0 saturated carbocycles. The number of carbonyl (C=O) groups excluding carboxylic acids is 1. The Balaban J connectivity index is 1.85. The smallest absolute Gasteiger partial charge is 0.309 e. The molecule has 126 valence electrons. The van der Waals surface area contributed by atoms with Crippen molar-refractivity contribution in [3.8, 4) is 11.1 Å². The summed E-state index contributed by atoms with van der Waals surface area (Å²) in [6, 6.07) is 19.1. The van der Waals surface area contributed by atoms with Crippen LogP contribution in [0, 0.1) is 6.92 Å². The first-order valence-corrected chi connectivity index (χ1v) is 8.04. The first-order valence-electron chi connectivity index (χ1n) is 8.04. The summed E-state index contributed by atoms with van der Waals surface area (Å²) >= 11 is 0. The Bertz CT molecular complexity index is 919. The molecule has 1 aromatic heterocycles. The molecule has 0 aliphatic rings. The number of aryl methyl sites for hydroxylation is 1. The molecule has 4 heteroatoms. The lowest BCUT2D eigenvalue weighted by Gasteiger charge is -2.07. The number of rotatable bonds is 5. The first kappa shape index (κ1) is 16.7. The first-order chi connectivity index (χ1) is 12.0. The third-order valence-electron chi connectivity index (χ3n) is 4.32. The van der Waals surface area contributed by atoms with Gasteiger partial charge in [-0.3, -0.25) is 9.59 Å². The van der Waals surface area contributed by atoms with Crippen LogP contribution < -0.4 is 0 Å². The fourth-order valence-electron chi connectivity index (χ4n) is 2.82. The third-order valence-corrected chi connectivity index (χ3v) is 4.32. The number of aliphatic carboxylic acids is 1. The highest BCUT2D eigenvalue weighted by molar-refractivity contribution is 6.08. The van der Waals surface area contributed by atoms with Crippen molar-refractivity contribution in [3.05, 3.63) is 83.2 Å². The number of carboxylic acids is 1. The molecule has 3 aromatic rings. The number of hydrogen-bond donors (Lipinski definition) is 1. The molecule has 0 spiro atoms. The zero-order valence-corrected chi connectivity index (χ0v) is 14.2. The van der Waals surface area contributed by atoms with Crippen LogP contribution in [0.15, 0.2) is 60.7 Å². The molecule has 0 radical (unpaired) electrons. The minimum atomic E-state index is -0.914. The maximum atomic E-state index is 12.7. The minimum Gasteiger partial charge on any atom is -0.481 e. The quantitative estimate of drug-likeness (QED) is 0.721. The van der Waals surface area contributed by atoms with E-state index in [1.807, 2.05) is 19.1 Å². The molecule has 1 heterocycles. The van der Waals surface area contributed by atoms with Gasteiger partial charge in [0, 0.05) is 18.3 Å². The van der Waals surface area contributed by atoms with Gasteiger partial charge in [0.1, 0.15) is 0 Å². The molecule has 0 bridgehead atoms. The van der Waals surface area contributed by atoms with Crippen molar-refractivity contribution in [2.24, 2.45) is 7.05 Å². The van der Waals surface area contributed by atoms with E-state index < -0.39 is 5.97 Å². The van der Waals surface area contributed by atoms with Gasteiger partial charge < -0.3 is 9.67 Å². The summed E-state index contributed by atoms with van der Waals surface area (Å²) in [5.41, 5.74) is 5.03. The lowest BCUT2D eigenvalue weighted by atomic mass is 10.0. The van der Waals surface area contributed by atoms with E-state index in [1.165, 1.54) is 5.56 Å². The second kappa shape index (κ2) is 6.77. The standard InChI is InChI=1S/C21H19NO3/c1-14-3-5-15(6-4-14)16-7-9-17(10-8-16)21(25)19-12-11-18(22(19)2)13-20(23)24/h3-12H,13H2,1-2H3,(H,23,24). The second-order valence-corrected chi connectivity index (χ2v) is 6.11. The minimum absolute atomic E-state index is 0.101. The Morgan fingerprint density at radius 3 is 2.00 bits per heavy atom. The lowest BCUT2D eigenvalue weighted by Crippen LogP contribution is -2.11. The van der Waals surface area contributed by atoms with Gasteiger partial charge in [0.2, 0.25) is 5.78 Å². The molecule has 0 aliphatic carbocycles. The number of aromatic nitrogens is 1. The monoisotopic (exact) mass is 333 g/mol. The predicted octanol–water partition coefficient (Wildman–Crippen LogP) is 3.86. The average Bonchev–Trinajstić information content (AvgIpc) is 2.95. The highest BCUT2D eigenvalue weighted by atomic mass is 16.4.